The molecule has 1 fully saturated rings. The molecule has 0 unspecified atom stereocenters. The second-order valence-electron chi connectivity index (χ2n) is 10.6. The average Bonchev–Trinajstić information content (AvgIpc) is 3.14. The summed E-state index contributed by atoms with van der Waals surface area (Å²) in [5, 5.41) is 2.84. The molecule has 5 rings (SSSR count). The molecule has 2 aromatic carbocycles. The number of hydrogen-bond acceptors (Lipinski definition) is 7. The van der Waals surface area contributed by atoms with E-state index in [1.54, 1.807) is 47.5 Å². The number of likely N-dealkylation sites (N-methyl/N-ethyl adjacent to an activating group) is 2. The van der Waals surface area contributed by atoms with Gasteiger partial charge in [-0.15, -0.1) is 0 Å². The molecule has 3 aromatic rings. The molecular formula is C32H38N6O4. The Morgan fingerprint density at radius 3 is 2.50 bits per heavy atom. The fraction of sp³-hybridized carbons (Fsp3) is 0.375. The van der Waals surface area contributed by atoms with Gasteiger partial charge >= 0.3 is 0 Å². The van der Waals surface area contributed by atoms with Crippen molar-refractivity contribution in [3.63, 3.8) is 0 Å². The Hall–Kier alpha value is -4.28. The van der Waals surface area contributed by atoms with Crippen LogP contribution in [0.4, 0.5) is 22.9 Å². The lowest BCUT2D eigenvalue weighted by molar-refractivity contribution is -0.133. The first kappa shape index (κ1) is 29.2. The standard InChI is InChI=1S/C32H38N6O4/c1-3-36(18-17-35(2)23-24-10-12-25(13-11-24)37-19-21-42-22-20-37)29(39)14-15-30(40)38-28-9-5-4-7-26(28)32(41)34-27-8-6-16-33-31(27)38/h4-13,16H,3,14-15,17-23H2,1-2H3,(H,34,41). The molecule has 0 radical (unpaired) electrons. The molecule has 2 aliphatic rings. The van der Waals surface area contributed by atoms with Crippen LogP contribution in [0.2, 0.25) is 0 Å². The normalized spacial score (nSPS) is 14.6. The molecule has 1 aromatic heterocycles. The van der Waals surface area contributed by atoms with Gasteiger partial charge in [-0.3, -0.25) is 19.3 Å². The topological polar surface area (TPSA) is 98.3 Å². The highest BCUT2D eigenvalue weighted by Gasteiger charge is 2.30. The summed E-state index contributed by atoms with van der Waals surface area (Å²) >= 11 is 0. The third-order valence-corrected chi connectivity index (χ3v) is 7.69. The number of ether oxygens (including phenoxy) is 1. The van der Waals surface area contributed by atoms with Gasteiger partial charge in [-0.1, -0.05) is 24.3 Å². The molecule has 10 nitrogen and oxygen atoms in total. The van der Waals surface area contributed by atoms with E-state index in [0.717, 1.165) is 32.8 Å². The second-order valence-corrected chi connectivity index (χ2v) is 10.6. The van der Waals surface area contributed by atoms with Gasteiger partial charge in [0.1, 0.15) is 0 Å². The number of hydrogen-bond donors (Lipinski definition) is 1. The highest BCUT2D eigenvalue weighted by Crippen LogP contribution is 2.36. The number of carbonyl (C=O) groups excluding carboxylic acids is 3. The van der Waals surface area contributed by atoms with Gasteiger partial charge in [-0.25, -0.2) is 4.98 Å². The minimum Gasteiger partial charge on any atom is -0.378 e. The Labute approximate surface area is 246 Å². The molecule has 0 aliphatic carbocycles. The fourth-order valence-corrected chi connectivity index (χ4v) is 5.35. The number of pyridine rings is 1. The van der Waals surface area contributed by atoms with Gasteiger partial charge in [-0.05, 0) is 55.9 Å². The molecule has 0 spiro atoms. The van der Waals surface area contributed by atoms with E-state index >= 15 is 0 Å². The Morgan fingerprint density at radius 2 is 1.74 bits per heavy atom. The summed E-state index contributed by atoms with van der Waals surface area (Å²) in [7, 11) is 2.05. The van der Waals surface area contributed by atoms with E-state index in [1.807, 2.05) is 14.0 Å². The number of carbonyl (C=O) groups is 3. The minimum atomic E-state index is -0.305. The molecule has 0 saturated carbocycles. The summed E-state index contributed by atoms with van der Waals surface area (Å²) in [6.45, 7) is 7.93. The molecule has 220 valence electrons. The first-order valence-corrected chi connectivity index (χ1v) is 14.5. The summed E-state index contributed by atoms with van der Waals surface area (Å²) in [5.74, 6) is -0.325. The van der Waals surface area contributed by atoms with E-state index in [2.05, 4.69) is 44.4 Å². The second kappa shape index (κ2) is 13.6. The van der Waals surface area contributed by atoms with Crippen molar-refractivity contribution in [1.29, 1.82) is 0 Å². The number of amides is 3. The van der Waals surface area contributed by atoms with E-state index < -0.39 is 0 Å². The van der Waals surface area contributed by atoms with Gasteiger partial charge < -0.3 is 24.8 Å². The van der Waals surface area contributed by atoms with Crippen molar-refractivity contribution >= 4 is 40.6 Å². The summed E-state index contributed by atoms with van der Waals surface area (Å²) < 4.78 is 5.45. The molecular weight excluding hydrogens is 532 g/mol. The van der Waals surface area contributed by atoms with E-state index in [1.165, 1.54) is 16.2 Å². The quantitative estimate of drug-likeness (QED) is 0.395. The molecule has 10 heteroatoms. The largest absolute Gasteiger partial charge is 0.378 e. The van der Waals surface area contributed by atoms with Crippen molar-refractivity contribution in [2.24, 2.45) is 0 Å². The van der Waals surface area contributed by atoms with Crippen molar-refractivity contribution in [1.82, 2.24) is 14.8 Å². The number of benzene rings is 2. The lowest BCUT2D eigenvalue weighted by Crippen LogP contribution is -2.38. The van der Waals surface area contributed by atoms with Gasteiger partial charge in [0.25, 0.3) is 5.91 Å². The number of para-hydroxylation sites is 1. The highest BCUT2D eigenvalue weighted by atomic mass is 16.5. The summed E-state index contributed by atoms with van der Waals surface area (Å²) in [6, 6.07) is 19.0. The molecule has 2 aliphatic heterocycles. The Bertz CT molecular complexity index is 1410. The monoisotopic (exact) mass is 570 g/mol. The zero-order valence-corrected chi connectivity index (χ0v) is 24.3. The smallest absolute Gasteiger partial charge is 0.257 e. The molecule has 42 heavy (non-hydrogen) atoms. The van der Waals surface area contributed by atoms with Crippen molar-refractivity contribution in [3.8, 4) is 0 Å². The maximum absolute atomic E-state index is 13.6. The van der Waals surface area contributed by atoms with Gasteiger partial charge in [0, 0.05) is 64.0 Å². The Balaban J connectivity index is 1.16. The number of anilines is 4. The van der Waals surface area contributed by atoms with Crippen LogP contribution in [0, 0.1) is 0 Å². The number of rotatable bonds is 10. The van der Waals surface area contributed by atoms with Gasteiger partial charge in [-0.2, -0.15) is 0 Å². The SMILES string of the molecule is CCN(CCN(C)Cc1ccc(N2CCOCC2)cc1)C(=O)CCC(=O)N1c2ccccc2C(=O)Nc2cccnc21. The molecule has 1 N–H and O–H groups in total. The van der Waals surface area contributed by atoms with E-state index in [0.29, 0.717) is 42.4 Å². The minimum absolute atomic E-state index is 0.000791. The summed E-state index contributed by atoms with van der Waals surface area (Å²) in [5.41, 5.74) is 3.72. The van der Waals surface area contributed by atoms with Crippen LogP contribution >= 0.6 is 0 Å². The Morgan fingerprint density at radius 1 is 0.976 bits per heavy atom. The number of fused-ring (bicyclic) bond motifs is 2. The predicted molar refractivity (Wildman–Crippen MR) is 163 cm³/mol. The zero-order chi connectivity index (χ0) is 29.5. The predicted octanol–water partition coefficient (Wildman–Crippen LogP) is 3.91. The first-order chi connectivity index (χ1) is 20.4. The van der Waals surface area contributed by atoms with Crippen molar-refractivity contribution in [2.45, 2.75) is 26.3 Å². The lowest BCUT2D eigenvalue weighted by Gasteiger charge is -2.29. The van der Waals surface area contributed by atoms with Gasteiger partial charge in [0.15, 0.2) is 5.82 Å². The van der Waals surface area contributed by atoms with Crippen LogP contribution in [0.15, 0.2) is 66.9 Å². The van der Waals surface area contributed by atoms with Crippen LogP contribution in [0.25, 0.3) is 0 Å². The number of nitrogens with one attached hydrogen (secondary N) is 1. The summed E-state index contributed by atoms with van der Waals surface area (Å²) in [4.78, 5) is 51.7. The van der Waals surface area contributed by atoms with Crippen molar-refractivity contribution < 1.29 is 19.1 Å². The third-order valence-electron chi connectivity index (χ3n) is 7.69. The van der Waals surface area contributed by atoms with E-state index in [4.69, 9.17) is 4.74 Å². The van der Waals surface area contributed by atoms with Crippen LogP contribution in [0.3, 0.4) is 0 Å². The van der Waals surface area contributed by atoms with Crippen LogP contribution in [0.1, 0.15) is 35.7 Å². The number of aromatic nitrogens is 1. The summed E-state index contributed by atoms with van der Waals surface area (Å²) in [6.07, 6.45) is 1.65. The van der Waals surface area contributed by atoms with Gasteiger partial charge in [0.2, 0.25) is 11.8 Å². The average molecular weight is 571 g/mol. The third kappa shape index (κ3) is 6.78. The van der Waals surface area contributed by atoms with Crippen molar-refractivity contribution in [3.05, 3.63) is 78.0 Å². The van der Waals surface area contributed by atoms with Crippen LogP contribution in [0.5, 0.6) is 0 Å². The highest BCUT2D eigenvalue weighted by molar-refractivity contribution is 6.17. The maximum Gasteiger partial charge on any atom is 0.257 e. The number of nitrogens with zero attached hydrogens (tertiary/aromatic N) is 5. The van der Waals surface area contributed by atoms with Crippen LogP contribution in [-0.4, -0.2) is 85.5 Å². The van der Waals surface area contributed by atoms with Gasteiger partial charge in [0.05, 0.1) is 30.2 Å². The van der Waals surface area contributed by atoms with Crippen molar-refractivity contribution in [2.75, 3.05) is 68.1 Å². The first-order valence-electron chi connectivity index (χ1n) is 14.5. The van der Waals surface area contributed by atoms with Crippen LogP contribution < -0.4 is 15.1 Å². The number of morpholine rings is 1. The zero-order valence-electron chi connectivity index (χ0n) is 24.3. The maximum atomic E-state index is 13.6. The molecule has 0 atom stereocenters. The van der Waals surface area contributed by atoms with E-state index in [9.17, 15) is 14.4 Å². The molecule has 3 heterocycles. The molecule has 1 saturated heterocycles. The Kier molecular flexibility index (Phi) is 9.45. The molecule has 3 amide bonds. The fourth-order valence-electron chi connectivity index (χ4n) is 5.35. The molecule has 0 bridgehead atoms. The lowest BCUT2D eigenvalue weighted by atomic mass is 10.1. The van der Waals surface area contributed by atoms with Crippen LogP contribution in [-0.2, 0) is 20.9 Å². The van der Waals surface area contributed by atoms with E-state index in [-0.39, 0.29) is 30.6 Å².